The van der Waals surface area contributed by atoms with Crippen LogP contribution in [0.3, 0.4) is 0 Å². The van der Waals surface area contributed by atoms with Crippen LogP contribution in [0.5, 0.6) is 0 Å². The standard InChI is InChI=1S/C17H17ClN4O4S2/c1-21(10-15-19-17(20-26-15)14-7-4-8-27-14)16(23)11-22(28(2,24)25)13-6-3-5-12(18)9-13/h3-9H,10-11H2,1-2H3. The zero-order valence-corrected chi connectivity index (χ0v) is 17.5. The summed E-state index contributed by atoms with van der Waals surface area (Å²) in [6.07, 6.45) is 1.03. The largest absolute Gasteiger partial charge is 0.337 e. The van der Waals surface area contributed by atoms with E-state index in [9.17, 15) is 13.2 Å². The van der Waals surface area contributed by atoms with Gasteiger partial charge in [-0.25, -0.2) is 8.42 Å². The van der Waals surface area contributed by atoms with Gasteiger partial charge in [-0.2, -0.15) is 4.98 Å². The van der Waals surface area contributed by atoms with Crippen molar-refractivity contribution in [3.63, 3.8) is 0 Å². The molecule has 0 fully saturated rings. The molecule has 3 aromatic rings. The fourth-order valence-electron chi connectivity index (χ4n) is 2.39. The van der Waals surface area contributed by atoms with Gasteiger partial charge in [0.1, 0.15) is 6.54 Å². The number of hydrogen-bond donors (Lipinski definition) is 0. The fraction of sp³-hybridized carbons (Fsp3) is 0.235. The fourth-order valence-corrected chi connectivity index (χ4v) is 4.07. The van der Waals surface area contributed by atoms with E-state index in [4.69, 9.17) is 16.1 Å². The van der Waals surface area contributed by atoms with E-state index in [0.29, 0.717) is 16.5 Å². The molecular formula is C17H17ClN4O4S2. The molecule has 0 saturated carbocycles. The minimum Gasteiger partial charge on any atom is -0.337 e. The summed E-state index contributed by atoms with van der Waals surface area (Å²) in [5.74, 6) is 0.275. The number of benzene rings is 1. The highest BCUT2D eigenvalue weighted by Gasteiger charge is 2.24. The first-order valence-corrected chi connectivity index (χ1v) is 11.2. The summed E-state index contributed by atoms with van der Waals surface area (Å²) in [6, 6.07) is 10.0. The van der Waals surface area contributed by atoms with Gasteiger partial charge in [0.05, 0.1) is 23.4 Å². The summed E-state index contributed by atoms with van der Waals surface area (Å²) < 4.78 is 30.5. The average molecular weight is 441 g/mol. The van der Waals surface area contributed by atoms with Gasteiger partial charge in [-0.05, 0) is 29.6 Å². The van der Waals surface area contributed by atoms with Gasteiger partial charge >= 0.3 is 0 Å². The number of sulfonamides is 1. The van der Waals surface area contributed by atoms with E-state index in [-0.39, 0.29) is 19.0 Å². The third kappa shape index (κ3) is 4.89. The zero-order valence-electron chi connectivity index (χ0n) is 15.1. The Labute approximate surface area is 171 Å². The summed E-state index contributed by atoms with van der Waals surface area (Å²) >= 11 is 7.42. The van der Waals surface area contributed by atoms with Gasteiger partial charge in [0, 0.05) is 12.1 Å². The molecule has 1 aromatic carbocycles. The molecule has 2 aromatic heterocycles. The van der Waals surface area contributed by atoms with Gasteiger partial charge in [0.2, 0.25) is 27.6 Å². The average Bonchev–Trinajstić information content (AvgIpc) is 3.29. The monoisotopic (exact) mass is 440 g/mol. The van der Waals surface area contributed by atoms with Gasteiger partial charge in [-0.15, -0.1) is 11.3 Å². The van der Waals surface area contributed by atoms with Crippen LogP contribution in [0, 0.1) is 0 Å². The predicted molar refractivity (Wildman–Crippen MR) is 108 cm³/mol. The van der Waals surface area contributed by atoms with E-state index in [0.717, 1.165) is 15.4 Å². The van der Waals surface area contributed by atoms with Crippen molar-refractivity contribution < 1.29 is 17.7 Å². The lowest BCUT2D eigenvalue weighted by Gasteiger charge is -2.24. The molecule has 0 atom stereocenters. The summed E-state index contributed by atoms with van der Waals surface area (Å²) in [5.41, 5.74) is 0.314. The van der Waals surface area contributed by atoms with Gasteiger partial charge in [-0.1, -0.05) is 28.9 Å². The molecule has 148 valence electrons. The van der Waals surface area contributed by atoms with Crippen molar-refractivity contribution in [2.75, 3.05) is 24.2 Å². The van der Waals surface area contributed by atoms with Crippen molar-refractivity contribution in [3.8, 4) is 10.7 Å². The van der Waals surface area contributed by atoms with Crippen molar-refractivity contribution in [2.24, 2.45) is 0 Å². The molecule has 0 bridgehead atoms. The first-order chi connectivity index (χ1) is 13.2. The van der Waals surface area contributed by atoms with Gasteiger partial charge in [-0.3, -0.25) is 9.10 Å². The number of amides is 1. The van der Waals surface area contributed by atoms with E-state index in [1.165, 1.54) is 29.4 Å². The number of halogens is 1. The van der Waals surface area contributed by atoms with Crippen LogP contribution < -0.4 is 4.31 Å². The Hall–Kier alpha value is -2.43. The maximum Gasteiger partial charge on any atom is 0.246 e. The maximum atomic E-state index is 12.6. The smallest absolute Gasteiger partial charge is 0.246 e. The van der Waals surface area contributed by atoms with E-state index < -0.39 is 15.9 Å². The molecule has 0 saturated heterocycles. The summed E-state index contributed by atoms with van der Waals surface area (Å²) in [5, 5.41) is 6.17. The Morgan fingerprint density at radius 2 is 2.07 bits per heavy atom. The summed E-state index contributed by atoms with van der Waals surface area (Å²) in [4.78, 5) is 19.0. The number of nitrogens with zero attached hydrogens (tertiary/aromatic N) is 4. The van der Waals surface area contributed by atoms with Crippen molar-refractivity contribution in [1.29, 1.82) is 0 Å². The molecule has 2 heterocycles. The minimum atomic E-state index is -3.68. The second-order valence-electron chi connectivity index (χ2n) is 5.99. The minimum absolute atomic E-state index is 0.0599. The Bertz CT molecular complexity index is 1070. The lowest BCUT2D eigenvalue weighted by atomic mass is 10.3. The Morgan fingerprint density at radius 3 is 2.71 bits per heavy atom. The molecule has 11 heteroatoms. The summed E-state index contributed by atoms with van der Waals surface area (Å²) in [6.45, 7) is -0.314. The SMILES string of the molecule is CN(Cc1nc(-c2cccs2)no1)C(=O)CN(c1cccc(Cl)c1)S(C)(=O)=O. The normalized spacial score (nSPS) is 11.4. The number of carbonyl (C=O) groups excluding carboxylic acids is 1. The lowest BCUT2D eigenvalue weighted by Crippen LogP contribution is -2.41. The molecule has 0 N–H and O–H groups in total. The Balaban J connectivity index is 1.71. The van der Waals surface area contributed by atoms with Gasteiger partial charge in [0.15, 0.2) is 0 Å². The molecule has 0 aliphatic rings. The van der Waals surface area contributed by atoms with Crippen LogP contribution in [-0.4, -0.2) is 49.2 Å². The summed E-state index contributed by atoms with van der Waals surface area (Å²) in [7, 11) is -2.15. The lowest BCUT2D eigenvalue weighted by molar-refractivity contribution is -0.129. The highest BCUT2D eigenvalue weighted by molar-refractivity contribution is 7.92. The molecule has 0 spiro atoms. The van der Waals surface area contributed by atoms with Crippen LogP contribution in [0.15, 0.2) is 46.3 Å². The molecule has 0 radical (unpaired) electrons. The first kappa shape index (κ1) is 20.3. The number of hydrogen-bond acceptors (Lipinski definition) is 7. The van der Waals surface area contributed by atoms with Crippen molar-refractivity contribution in [2.45, 2.75) is 6.54 Å². The van der Waals surface area contributed by atoms with Crippen LogP contribution in [0.1, 0.15) is 5.89 Å². The molecule has 1 amide bonds. The number of likely N-dealkylation sites (N-methyl/N-ethyl adjacent to an activating group) is 1. The molecular weight excluding hydrogens is 424 g/mol. The van der Waals surface area contributed by atoms with Crippen LogP contribution in [0.25, 0.3) is 10.7 Å². The van der Waals surface area contributed by atoms with E-state index >= 15 is 0 Å². The molecule has 0 aliphatic carbocycles. The zero-order chi connectivity index (χ0) is 20.3. The first-order valence-electron chi connectivity index (χ1n) is 8.08. The van der Waals surface area contributed by atoms with Crippen LogP contribution >= 0.6 is 22.9 Å². The van der Waals surface area contributed by atoms with E-state index in [2.05, 4.69) is 10.1 Å². The number of carbonyl (C=O) groups is 1. The highest BCUT2D eigenvalue weighted by Crippen LogP contribution is 2.23. The third-order valence-corrected chi connectivity index (χ3v) is 6.02. The van der Waals surface area contributed by atoms with Crippen LogP contribution in [-0.2, 0) is 21.4 Å². The highest BCUT2D eigenvalue weighted by atomic mass is 35.5. The molecule has 0 aliphatic heterocycles. The van der Waals surface area contributed by atoms with Crippen molar-refractivity contribution >= 4 is 44.6 Å². The predicted octanol–water partition coefficient (Wildman–Crippen LogP) is 2.88. The maximum absolute atomic E-state index is 12.6. The van der Waals surface area contributed by atoms with Crippen LogP contribution in [0.2, 0.25) is 5.02 Å². The Morgan fingerprint density at radius 1 is 1.29 bits per heavy atom. The second-order valence-corrected chi connectivity index (χ2v) is 9.28. The van der Waals surface area contributed by atoms with E-state index in [1.807, 2.05) is 17.5 Å². The van der Waals surface area contributed by atoms with Crippen molar-refractivity contribution in [1.82, 2.24) is 15.0 Å². The van der Waals surface area contributed by atoms with Crippen LogP contribution in [0.4, 0.5) is 5.69 Å². The third-order valence-electron chi connectivity index (χ3n) is 3.78. The van der Waals surface area contributed by atoms with E-state index in [1.54, 1.807) is 18.2 Å². The number of anilines is 1. The van der Waals surface area contributed by atoms with Crippen molar-refractivity contribution in [3.05, 3.63) is 52.7 Å². The number of aromatic nitrogens is 2. The molecule has 3 rings (SSSR count). The molecule has 8 nitrogen and oxygen atoms in total. The second kappa shape index (κ2) is 8.29. The van der Waals surface area contributed by atoms with Gasteiger partial charge in [0.25, 0.3) is 0 Å². The Kier molecular flexibility index (Phi) is 6.01. The number of rotatable bonds is 7. The van der Waals surface area contributed by atoms with Gasteiger partial charge < -0.3 is 9.42 Å². The topological polar surface area (TPSA) is 96.6 Å². The quantitative estimate of drug-likeness (QED) is 0.560. The molecule has 28 heavy (non-hydrogen) atoms. The molecule has 0 unspecified atom stereocenters. The number of thiophene rings is 1.